The minimum absolute atomic E-state index is 0.334. The fourth-order valence-electron chi connectivity index (χ4n) is 1.83. The van der Waals surface area contributed by atoms with Crippen LogP contribution in [0.3, 0.4) is 0 Å². The average Bonchev–Trinajstić information content (AvgIpc) is 2.28. The predicted molar refractivity (Wildman–Crippen MR) is 78.4 cm³/mol. The lowest BCUT2D eigenvalue weighted by molar-refractivity contribution is 0.126. The smallest absolute Gasteiger partial charge is 0.0466 e. The highest BCUT2D eigenvalue weighted by molar-refractivity contribution is 6.20. The zero-order chi connectivity index (χ0) is 12.9. The highest BCUT2D eigenvalue weighted by Gasteiger charge is 2.04. The van der Waals surface area contributed by atoms with Gasteiger partial charge in [0.2, 0.25) is 0 Å². The van der Waals surface area contributed by atoms with Crippen LogP contribution in [0.1, 0.15) is 65.2 Å². The van der Waals surface area contributed by atoms with Crippen LogP contribution in [0.2, 0.25) is 0 Å². The van der Waals surface area contributed by atoms with Gasteiger partial charge in [0.25, 0.3) is 0 Å². The van der Waals surface area contributed by atoms with Crippen molar-refractivity contribution in [3.63, 3.8) is 0 Å². The molecule has 0 aliphatic rings. The van der Waals surface area contributed by atoms with Gasteiger partial charge in [-0.25, -0.2) is 0 Å². The van der Waals surface area contributed by atoms with Crippen molar-refractivity contribution in [1.82, 2.24) is 0 Å². The first kappa shape index (κ1) is 17.5. The van der Waals surface area contributed by atoms with E-state index in [4.69, 9.17) is 27.9 Å². The molecule has 0 aliphatic heterocycles. The lowest BCUT2D eigenvalue weighted by Gasteiger charge is -2.09. The summed E-state index contributed by atoms with van der Waals surface area (Å²) in [6, 6.07) is 0. The van der Waals surface area contributed by atoms with Crippen LogP contribution >= 0.6 is 23.2 Å². The Morgan fingerprint density at radius 3 is 1.53 bits per heavy atom. The Morgan fingerprint density at radius 1 is 0.765 bits per heavy atom. The molecule has 0 rings (SSSR count). The van der Waals surface area contributed by atoms with Crippen molar-refractivity contribution in [3.05, 3.63) is 0 Å². The number of hydrogen-bond donors (Lipinski definition) is 0. The fourth-order valence-corrected chi connectivity index (χ4v) is 2.58. The van der Waals surface area contributed by atoms with Crippen LogP contribution in [-0.4, -0.2) is 24.0 Å². The second kappa shape index (κ2) is 13.0. The first-order valence-electron chi connectivity index (χ1n) is 7.06. The molecule has 17 heavy (non-hydrogen) atoms. The van der Waals surface area contributed by atoms with Crippen LogP contribution in [0.4, 0.5) is 0 Å². The zero-order valence-corrected chi connectivity index (χ0v) is 12.9. The van der Waals surface area contributed by atoms with Gasteiger partial charge in [-0.3, -0.25) is 0 Å². The average molecular weight is 283 g/mol. The van der Waals surface area contributed by atoms with E-state index in [9.17, 15) is 0 Å². The van der Waals surface area contributed by atoms with E-state index >= 15 is 0 Å². The molecule has 0 radical (unpaired) electrons. The molecule has 0 saturated carbocycles. The maximum absolute atomic E-state index is 6.12. The van der Waals surface area contributed by atoms with Gasteiger partial charge in [0.05, 0.1) is 0 Å². The molecule has 0 aromatic heterocycles. The summed E-state index contributed by atoms with van der Waals surface area (Å²) >= 11 is 12.2. The summed E-state index contributed by atoms with van der Waals surface area (Å²) in [6.07, 6.45) is 8.87. The van der Waals surface area contributed by atoms with Gasteiger partial charge in [-0.05, 0) is 38.5 Å². The zero-order valence-electron chi connectivity index (χ0n) is 11.4. The minimum atomic E-state index is 0.334. The van der Waals surface area contributed by atoms with Crippen molar-refractivity contribution in [2.75, 3.05) is 13.2 Å². The monoisotopic (exact) mass is 282 g/mol. The van der Waals surface area contributed by atoms with E-state index in [1.807, 2.05) is 0 Å². The van der Waals surface area contributed by atoms with Crippen LogP contribution < -0.4 is 0 Å². The Kier molecular flexibility index (Phi) is 13.4. The number of alkyl halides is 2. The van der Waals surface area contributed by atoms with Gasteiger partial charge in [0, 0.05) is 24.0 Å². The van der Waals surface area contributed by atoms with Crippen molar-refractivity contribution >= 4 is 23.2 Å². The van der Waals surface area contributed by atoms with Gasteiger partial charge in [0.1, 0.15) is 0 Å². The van der Waals surface area contributed by atoms with Crippen LogP contribution in [0, 0.1) is 0 Å². The third-order valence-electron chi connectivity index (χ3n) is 2.82. The van der Waals surface area contributed by atoms with Crippen LogP contribution in [0.25, 0.3) is 0 Å². The van der Waals surface area contributed by atoms with Crippen molar-refractivity contribution in [2.45, 2.75) is 76.0 Å². The van der Waals surface area contributed by atoms with Crippen LogP contribution in [0.15, 0.2) is 0 Å². The van der Waals surface area contributed by atoms with Crippen molar-refractivity contribution in [1.29, 1.82) is 0 Å². The molecule has 0 saturated heterocycles. The molecular weight excluding hydrogens is 255 g/mol. The SMILES string of the molecule is CCCC(Cl)CCCOCCCC(Cl)CCC. The molecule has 0 amide bonds. The highest BCUT2D eigenvalue weighted by atomic mass is 35.5. The topological polar surface area (TPSA) is 9.23 Å². The lowest BCUT2D eigenvalue weighted by atomic mass is 10.1. The standard InChI is InChI=1S/C14H28Cl2O/c1-3-7-13(15)9-5-11-17-12-6-10-14(16)8-4-2/h13-14H,3-12H2,1-2H3. The van der Waals surface area contributed by atoms with E-state index in [1.54, 1.807) is 0 Å². The molecule has 2 unspecified atom stereocenters. The van der Waals surface area contributed by atoms with Crippen LogP contribution in [-0.2, 0) is 4.74 Å². The largest absolute Gasteiger partial charge is 0.381 e. The molecule has 104 valence electrons. The number of halogens is 2. The van der Waals surface area contributed by atoms with Gasteiger partial charge in [-0.1, -0.05) is 26.7 Å². The Bertz CT molecular complexity index is 137. The third-order valence-corrected chi connectivity index (χ3v) is 3.69. The molecule has 1 nitrogen and oxygen atoms in total. The molecule has 0 heterocycles. The molecule has 0 N–H and O–H groups in total. The highest BCUT2D eigenvalue weighted by Crippen LogP contribution is 2.13. The Hall–Kier alpha value is 0.540. The quantitative estimate of drug-likeness (QED) is 0.345. The summed E-state index contributed by atoms with van der Waals surface area (Å²) in [5, 5.41) is 0.667. The van der Waals surface area contributed by atoms with E-state index in [0.29, 0.717) is 10.8 Å². The molecular formula is C14H28Cl2O. The first-order valence-corrected chi connectivity index (χ1v) is 7.93. The Morgan fingerprint density at radius 2 is 1.18 bits per heavy atom. The molecule has 0 bridgehead atoms. The normalized spacial score (nSPS) is 14.8. The van der Waals surface area contributed by atoms with Gasteiger partial charge in [-0.15, -0.1) is 23.2 Å². The first-order chi connectivity index (χ1) is 8.20. The van der Waals surface area contributed by atoms with Gasteiger partial charge >= 0.3 is 0 Å². The Balaban J connectivity index is 3.13. The van der Waals surface area contributed by atoms with Crippen molar-refractivity contribution < 1.29 is 4.74 Å². The van der Waals surface area contributed by atoms with E-state index in [0.717, 1.165) is 51.7 Å². The molecule has 0 aliphatic carbocycles. The fraction of sp³-hybridized carbons (Fsp3) is 1.00. The Labute approximate surface area is 117 Å². The summed E-state index contributed by atoms with van der Waals surface area (Å²) in [5.74, 6) is 0. The maximum atomic E-state index is 6.12. The van der Waals surface area contributed by atoms with Crippen molar-refractivity contribution in [2.24, 2.45) is 0 Å². The minimum Gasteiger partial charge on any atom is -0.381 e. The second-order valence-corrected chi connectivity index (χ2v) is 5.90. The summed E-state index contributed by atoms with van der Waals surface area (Å²) in [5.41, 5.74) is 0. The maximum Gasteiger partial charge on any atom is 0.0466 e. The summed E-state index contributed by atoms with van der Waals surface area (Å²) < 4.78 is 5.57. The molecule has 0 aromatic carbocycles. The summed E-state index contributed by atoms with van der Waals surface area (Å²) in [7, 11) is 0. The predicted octanol–water partition coefficient (Wildman–Crippen LogP) is 5.38. The summed E-state index contributed by atoms with van der Waals surface area (Å²) in [6.45, 7) is 6.02. The molecule has 2 atom stereocenters. The molecule has 3 heteroatoms. The van der Waals surface area contributed by atoms with Gasteiger partial charge in [-0.2, -0.15) is 0 Å². The van der Waals surface area contributed by atoms with Gasteiger partial charge in [0.15, 0.2) is 0 Å². The molecule has 0 fully saturated rings. The van der Waals surface area contributed by atoms with E-state index in [-0.39, 0.29) is 0 Å². The summed E-state index contributed by atoms with van der Waals surface area (Å²) in [4.78, 5) is 0. The van der Waals surface area contributed by atoms with E-state index in [1.165, 1.54) is 12.8 Å². The molecule has 0 aromatic rings. The number of ether oxygens (including phenoxy) is 1. The van der Waals surface area contributed by atoms with Crippen LogP contribution in [0.5, 0.6) is 0 Å². The van der Waals surface area contributed by atoms with E-state index in [2.05, 4.69) is 13.8 Å². The third kappa shape index (κ3) is 12.8. The lowest BCUT2D eigenvalue weighted by Crippen LogP contribution is -2.04. The molecule has 0 spiro atoms. The van der Waals surface area contributed by atoms with Gasteiger partial charge < -0.3 is 4.74 Å². The van der Waals surface area contributed by atoms with Crippen molar-refractivity contribution in [3.8, 4) is 0 Å². The number of rotatable bonds is 12. The number of hydrogen-bond acceptors (Lipinski definition) is 1. The second-order valence-electron chi connectivity index (χ2n) is 4.67. The van der Waals surface area contributed by atoms with E-state index < -0.39 is 0 Å².